The number of nitrogens with zero attached hydrogens (tertiary/aromatic N) is 11. The van der Waals surface area contributed by atoms with Gasteiger partial charge in [0.2, 0.25) is 17.2 Å². The number of benzene rings is 5. The topological polar surface area (TPSA) is 400 Å². The van der Waals surface area contributed by atoms with Crippen LogP contribution >= 0.6 is 11.6 Å². The Labute approximate surface area is 504 Å². The summed E-state index contributed by atoms with van der Waals surface area (Å²) in [4.78, 5) is 44.7. The molecule has 2 aliphatic heterocycles. The Morgan fingerprint density at radius 1 is 0.480 bits per heavy atom. The molecule has 6 heterocycles. The number of halogens is 1. The van der Waals surface area contributed by atoms with Gasteiger partial charge < -0.3 is 54.6 Å². The molecule has 11 rings (SSSR count). The first-order chi connectivity index (χ1) is 33.6. The van der Waals surface area contributed by atoms with Crippen LogP contribution in [-0.4, -0.2) is 92.2 Å². The van der Waals surface area contributed by atoms with Crippen LogP contribution in [0.25, 0.3) is 89.7 Å². The van der Waals surface area contributed by atoms with Gasteiger partial charge in [-0.05, 0) is 64.8 Å². The van der Waals surface area contributed by atoms with Crippen molar-refractivity contribution in [1.82, 2.24) is 54.8 Å². The van der Waals surface area contributed by atoms with Crippen molar-refractivity contribution in [2.24, 2.45) is 0 Å². The monoisotopic (exact) mass is 1180 g/mol. The average molecular weight is 1180 g/mol. The molecule has 75 heavy (non-hydrogen) atoms. The van der Waals surface area contributed by atoms with Gasteiger partial charge in [0.25, 0.3) is 10.0 Å². The molecule has 34 heteroatoms. The summed E-state index contributed by atoms with van der Waals surface area (Å²) in [5.74, 6) is -1.93. The number of nitrogen functional groups attached to an aromatic ring is 1. The zero-order valence-corrected chi connectivity index (χ0v) is 49.0. The summed E-state index contributed by atoms with van der Waals surface area (Å²) >= 11 is 5.92. The van der Waals surface area contributed by atoms with Crippen LogP contribution in [0.2, 0.25) is 5.28 Å². The smallest absolute Gasteiger partial charge is 0.744 e. The van der Waals surface area contributed by atoms with E-state index < -0.39 is 93.7 Å². The van der Waals surface area contributed by atoms with E-state index in [0.29, 0.717) is 0 Å². The van der Waals surface area contributed by atoms with E-state index in [1.807, 2.05) is 0 Å². The van der Waals surface area contributed by atoms with Crippen molar-refractivity contribution in [3.8, 4) is 45.6 Å². The third kappa shape index (κ3) is 10.8. The van der Waals surface area contributed by atoms with Gasteiger partial charge in [0.05, 0.1) is 48.6 Å². The van der Waals surface area contributed by atoms with Gasteiger partial charge >= 0.3 is 106 Å². The van der Waals surface area contributed by atoms with Crippen molar-refractivity contribution in [3.63, 3.8) is 0 Å². The predicted octanol–water partition coefficient (Wildman–Crippen LogP) is -5.19. The number of anilines is 4. The molecule has 0 saturated heterocycles. The molecule has 25 nitrogen and oxygen atoms in total. The number of nitrogens with one attached hydrogen (secondary N) is 2. The number of fused-ring (bicyclic) bond motifs is 20. The van der Waals surface area contributed by atoms with Crippen LogP contribution < -0.4 is 114 Å². The third-order valence-corrected chi connectivity index (χ3v) is 15.0. The molecule has 0 aliphatic carbocycles. The fraction of sp³-hybridized carbons (Fsp3) is 0. The molecule has 5 aromatic carbocycles. The Bertz CT molecular complexity index is 4530. The molecule has 1 radical (unpaired) electrons. The van der Waals surface area contributed by atoms with E-state index in [-0.39, 0.29) is 190 Å². The number of sulfonamides is 1. The van der Waals surface area contributed by atoms with Gasteiger partial charge in [-0.3, -0.25) is 4.72 Å². The summed E-state index contributed by atoms with van der Waals surface area (Å²) < 4.78 is 147. The molecule has 4 aromatic heterocycles. The second-order valence-electron chi connectivity index (χ2n) is 15.2. The molecule has 0 fully saturated rings. The molecule has 4 N–H and O–H groups in total. The van der Waals surface area contributed by atoms with Crippen LogP contribution in [0.4, 0.5) is 23.3 Å². The van der Waals surface area contributed by atoms with Crippen molar-refractivity contribution in [2.75, 3.05) is 15.8 Å². The first kappa shape index (κ1) is 58.1. The van der Waals surface area contributed by atoms with Crippen LogP contribution in [0.1, 0.15) is 0 Å². The van der Waals surface area contributed by atoms with Gasteiger partial charge in [0.15, 0.2) is 0 Å². The summed E-state index contributed by atoms with van der Waals surface area (Å²) in [5.41, 5.74) is 3.41. The second-order valence-corrected chi connectivity index (χ2v) is 21.2. The quantitative estimate of drug-likeness (QED) is 0.0945. The van der Waals surface area contributed by atoms with E-state index in [1.54, 1.807) is 6.07 Å². The molecule has 2 aliphatic rings. The van der Waals surface area contributed by atoms with E-state index in [2.05, 4.69) is 64.9 Å². The number of aromatic nitrogens is 11. The first-order valence-electron chi connectivity index (χ1n) is 19.8. The summed E-state index contributed by atoms with van der Waals surface area (Å²) in [5, 5.41) is 1.63. The van der Waals surface area contributed by atoms with Gasteiger partial charge in [-0.2, -0.15) is 15.0 Å². The van der Waals surface area contributed by atoms with Gasteiger partial charge in [-0.15, -0.1) is 0 Å². The molecule has 0 unspecified atom stereocenters. The SMILES string of the molecule is Nc1nc(Cl)nc(Nc2cccc(NS(=O)(=O)c3cccc4c3-c3nc-4nc4[n-]c(nc5nc(nc6[n-]c(n3)c3c(S(=O)(=O)[O-])cccc63)-c3cccc(S(=O)(=O)[O-])c3-5)c3cccc(S(=O)(=O)[O-])c43)c2)n1.[Cu+2].[Na+].[Na+].[Na+]. The fourth-order valence-corrected chi connectivity index (χ4v) is 11.5. The van der Waals surface area contributed by atoms with E-state index in [0.717, 1.165) is 18.2 Å². The minimum Gasteiger partial charge on any atom is -0.744 e. The van der Waals surface area contributed by atoms with Crippen LogP contribution in [0, 0.1) is 0 Å². The van der Waals surface area contributed by atoms with Crippen molar-refractivity contribution in [1.29, 1.82) is 0 Å². The van der Waals surface area contributed by atoms with Gasteiger partial charge in [0, 0.05) is 61.3 Å². The maximum absolute atomic E-state index is 14.6. The van der Waals surface area contributed by atoms with Crippen molar-refractivity contribution >= 4 is 119 Å². The summed E-state index contributed by atoms with van der Waals surface area (Å²) in [6.07, 6.45) is 0. The van der Waals surface area contributed by atoms with Crippen molar-refractivity contribution < 1.29 is 153 Å². The molecule has 0 atom stereocenters. The summed E-state index contributed by atoms with van der Waals surface area (Å²) in [7, 11) is -20.6. The zero-order valence-electron chi connectivity index (χ0n) is 38.0. The molecule has 8 bridgehead atoms. The Balaban J connectivity index is 0.00000205. The Morgan fingerprint density at radius 2 is 0.907 bits per heavy atom. The van der Waals surface area contributed by atoms with E-state index in [4.69, 9.17) is 17.3 Å². The average Bonchev–Trinajstić information content (AvgIpc) is 4.03. The Morgan fingerprint density at radius 3 is 1.43 bits per heavy atom. The maximum Gasteiger partial charge on any atom is 2.00 e. The Hall–Kier alpha value is -4.64. The molecular formula is C41H20ClCuN14Na3O11S4. The molecule has 365 valence electrons. The van der Waals surface area contributed by atoms with E-state index in [9.17, 15) is 47.3 Å². The van der Waals surface area contributed by atoms with Crippen molar-refractivity contribution in [3.05, 3.63) is 102 Å². The molecule has 9 aromatic rings. The summed E-state index contributed by atoms with van der Waals surface area (Å²) in [6.45, 7) is 0. The maximum atomic E-state index is 14.6. The molecular weight excluding hydrogens is 1160 g/mol. The predicted molar refractivity (Wildman–Crippen MR) is 248 cm³/mol. The van der Waals surface area contributed by atoms with Crippen LogP contribution in [0.15, 0.2) is 117 Å². The minimum absolute atomic E-state index is 0. The second kappa shape index (κ2) is 21.3. The number of rotatable bonds is 8. The Kier molecular flexibility index (Phi) is 16.5. The minimum atomic E-state index is -5.33. The molecule has 0 saturated carbocycles. The van der Waals surface area contributed by atoms with E-state index >= 15 is 0 Å². The number of nitrogens with two attached hydrogens (primary N) is 1. The van der Waals surface area contributed by atoms with Gasteiger partial charge in [-0.1, -0.05) is 54.6 Å². The fourth-order valence-electron chi connectivity index (χ4n) is 7.99. The molecule has 0 spiro atoms. The van der Waals surface area contributed by atoms with Crippen molar-refractivity contribution in [2.45, 2.75) is 19.6 Å². The zero-order chi connectivity index (χ0) is 49.9. The number of hydrogen-bond donors (Lipinski definition) is 3. The molecule has 0 amide bonds. The van der Waals surface area contributed by atoms with Gasteiger partial charge in [-0.25, -0.2) is 43.6 Å². The summed E-state index contributed by atoms with van der Waals surface area (Å²) in [6, 6.07) is 20.4. The van der Waals surface area contributed by atoms with E-state index in [1.165, 1.54) is 72.8 Å². The van der Waals surface area contributed by atoms with Crippen LogP contribution in [-0.2, 0) is 57.4 Å². The van der Waals surface area contributed by atoms with Gasteiger partial charge in [0.1, 0.15) is 30.4 Å². The standard InChI is InChI=1S/C41H23ClN14O11S4.Cu.3Na/c42-39-53-40(43)55-41(54-39)44-17-6-1-7-18(16-17)56-68(57,58)23-12-2-8-19-27(23)35-48-33(19)49-37-29-22(11-5-14-25(29)70(62,63)64)34(51-37)50-36-28-20(9-3-13-24(28)69(59,60)61)31(46-36)45-32-21-10-4-15-26(71(65,66)67)30(21)38(47-32)52-35;;;;/h1-16,56H,(H6-2,43,44,45,46,47,48,49,50,51,52,53,54,55,59,60,61,62,63,64,65,66,67);;;;/q-2;+2;3*+1/p-3. The third-order valence-electron chi connectivity index (χ3n) is 10.8. The van der Waals surface area contributed by atoms with Crippen LogP contribution in [0.5, 0.6) is 0 Å². The largest absolute Gasteiger partial charge is 2.00 e. The van der Waals surface area contributed by atoms with Crippen LogP contribution in [0.3, 0.4) is 0 Å². The number of hydrogen-bond acceptors (Lipinski definition) is 22. The normalized spacial score (nSPS) is 12.1. The first-order valence-corrected chi connectivity index (χ1v) is 25.9.